The van der Waals surface area contributed by atoms with Crippen LogP contribution in [0.15, 0.2) is 0 Å². The molecule has 0 saturated carbocycles. The van der Waals surface area contributed by atoms with Crippen LogP contribution in [0, 0.1) is 0 Å². The molecule has 0 aliphatic heterocycles. The van der Waals surface area contributed by atoms with Crippen molar-refractivity contribution in [1.82, 2.24) is 0 Å². The second-order valence-electron chi connectivity index (χ2n) is 9.43. The lowest BCUT2D eigenvalue weighted by molar-refractivity contribution is 0.0550. The third-order valence-electron chi connectivity index (χ3n) is 5.75. The van der Waals surface area contributed by atoms with Crippen LogP contribution in [0.1, 0.15) is 125 Å². The molecule has 8 heteroatoms. The van der Waals surface area contributed by atoms with E-state index in [4.69, 9.17) is 26.6 Å². The van der Waals surface area contributed by atoms with E-state index in [9.17, 15) is 0 Å². The minimum atomic E-state index is -2.62. The average Bonchev–Trinajstić information content (AvgIpc) is 2.87. The van der Waals surface area contributed by atoms with Gasteiger partial charge in [-0.25, -0.2) is 0 Å². The molecule has 0 saturated heterocycles. The standard InChI is InChI=1S/C27H60O6Si2/c1-7-13-23-31-35(32-24-14-8-2,33-25-15-9-3)27-19-17-16-18-26-34(28-20-10-4,29-21-11-5)30-22-12-6/h7-27H2,1-6H3. The summed E-state index contributed by atoms with van der Waals surface area (Å²) in [5.74, 6) is 0. The van der Waals surface area contributed by atoms with E-state index in [1.807, 2.05) is 0 Å². The molecule has 0 spiro atoms. The lowest BCUT2D eigenvalue weighted by Crippen LogP contribution is -2.47. The Labute approximate surface area is 220 Å². The van der Waals surface area contributed by atoms with Gasteiger partial charge < -0.3 is 26.6 Å². The van der Waals surface area contributed by atoms with Crippen LogP contribution in [0.5, 0.6) is 0 Å². The van der Waals surface area contributed by atoms with Crippen LogP contribution >= 0.6 is 0 Å². The molecule has 0 fully saturated rings. The largest absolute Gasteiger partial charge is 0.500 e. The van der Waals surface area contributed by atoms with Crippen LogP contribution in [-0.2, 0) is 26.6 Å². The third kappa shape index (κ3) is 18.1. The Morgan fingerprint density at radius 1 is 0.314 bits per heavy atom. The molecule has 0 aromatic carbocycles. The molecule has 212 valence electrons. The zero-order chi connectivity index (χ0) is 26.1. The molecule has 0 amide bonds. The predicted molar refractivity (Wildman–Crippen MR) is 151 cm³/mol. The van der Waals surface area contributed by atoms with Gasteiger partial charge in [-0.15, -0.1) is 0 Å². The summed E-state index contributed by atoms with van der Waals surface area (Å²) in [5, 5.41) is 0. The molecule has 0 aromatic heterocycles. The molecule has 6 nitrogen and oxygen atoms in total. The normalized spacial score (nSPS) is 12.5. The lowest BCUT2D eigenvalue weighted by Gasteiger charge is -2.30. The molecule has 0 radical (unpaired) electrons. The van der Waals surface area contributed by atoms with Gasteiger partial charge in [0.05, 0.1) is 0 Å². The first-order valence-electron chi connectivity index (χ1n) is 14.9. The maximum atomic E-state index is 6.40. The summed E-state index contributed by atoms with van der Waals surface area (Å²) in [7, 11) is -5.21. The van der Waals surface area contributed by atoms with Gasteiger partial charge in [-0.3, -0.25) is 0 Å². The lowest BCUT2D eigenvalue weighted by atomic mass is 10.2. The van der Waals surface area contributed by atoms with Crippen molar-refractivity contribution in [3.05, 3.63) is 0 Å². The van der Waals surface area contributed by atoms with Gasteiger partial charge in [-0.1, -0.05) is 73.6 Å². The average molecular weight is 537 g/mol. The van der Waals surface area contributed by atoms with E-state index >= 15 is 0 Å². The Bertz CT molecular complexity index is 394. The van der Waals surface area contributed by atoms with Crippen LogP contribution < -0.4 is 0 Å². The quantitative estimate of drug-likeness (QED) is 0.0742. The second-order valence-corrected chi connectivity index (χ2v) is 14.9. The highest BCUT2D eigenvalue weighted by Gasteiger charge is 2.41. The fourth-order valence-electron chi connectivity index (χ4n) is 3.61. The first kappa shape index (κ1) is 35.2. The Balaban J connectivity index is 4.87. The summed E-state index contributed by atoms with van der Waals surface area (Å²) in [6, 6.07) is 1.82. The van der Waals surface area contributed by atoms with E-state index in [2.05, 4.69) is 41.5 Å². The second kappa shape index (κ2) is 24.5. The summed E-state index contributed by atoms with van der Waals surface area (Å²) < 4.78 is 37.9. The number of hydrogen-bond acceptors (Lipinski definition) is 6. The summed E-state index contributed by atoms with van der Waals surface area (Å²) >= 11 is 0. The van der Waals surface area contributed by atoms with E-state index < -0.39 is 17.6 Å². The highest BCUT2D eigenvalue weighted by molar-refractivity contribution is 6.61. The van der Waals surface area contributed by atoms with Gasteiger partial charge in [0.2, 0.25) is 0 Å². The molecule has 0 atom stereocenters. The van der Waals surface area contributed by atoms with Gasteiger partial charge in [0.25, 0.3) is 0 Å². The van der Waals surface area contributed by atoms with E-state index in [-0.39, 0.29) is 0 Å². The number of rotatable bonds is 28. The fourth-order valence-corrected chi connectivity index (χ4v) is 9.25. The van der Waals surface area contributed by atoms with Crippen LogP contribution in [0.4, 0.5) is 0 Å². The highest BCUT2D eigenvalue weighted by atomic mass is 28.4. The number of hydrogen-bond donors (Lipinski definition) is 0. The molecule has 0 aliphatic carbocycles. The van der Waals surface area contributed by atoms with Crippen molar-refractivity contribution >= 4 is 17.6 Å². The van der Waals surface area contributed by atoms with Gasteiger partial charge in [0.1, 0.15) is 0 Å². The molecule has 0 unspecified atom stereocenters. The molecule has 35 heavy (non-hydrogen) atoms. The molecule has 0 heterocycles. The molecular weight excluding hydrogens is 476 g/mol. The van der Waals surface area contributed by atoms with E-state index in [0.717, 1.165) is 115 Å². The minimum absolute atomic E-state index is 0.715. The van der Waals surface area contributed by atoms with Crippen LogP contribution in [0.2, 0.25) is 12.1 Å². The summed E-state index contributed by atoms with van der Waals surface area (Å²) in [4.78, 5) is 0. The summed E-state index contributed by atoms with van der Waals surface area (Å²) in [6.07, 6.45) is 13.9. The molecule has 0 bridgehead atoms. The molecule has 0 aliphatic rings. The summed E-state index contributed by atoms with van der Waals surface area (Å²) in [6.45, 7) is 17.4. The molecular formula is C27H60O6Si2. The van der Waals surface area contributed by atoms with Crippen molar-refractivity contribution in [1.29, 1.82) is 0 Å². The van der Waals surface area contributed by atoms with Crippen molar-refractivity contribution in [3.8, 4) is 0 Å². The van der Waals surface area contributed by atoms with E-state index in [1.54, 1.807) is 0 Å². The van der Waals surface area contributed by atoms with Gasteiger partial charge in [0, 0.05) is 51.7 Å². The van der Waals surface area contributed by atoms with Crippen molar-refractivity contribution in [3.63, 3.8) is 0 Å². The van der Waals surface area contributed by atoms with Crippen molar-refractivity contribution in [2.75, 3.05) is 39.6 Å². The topological polar surface area (TPSA) is 55.4 Å². The smallest absolute Gasteiger partial charge is 0.373 e. The van der Waals surface area contributed by atoms with E-state index in [1.165, 1.54) is 0 Å². The van der Waals surface area contributed by atoms with Gasteiger partial charge in [-0.2, -0.15) is 0 Å². The first-order valence-corrected chi connectivity index (χ1v) is 18.8. The van der Waals surface area contributed by atoms with Crippen LogP contribution in [0.3, 0.4) is 0 Å². The van der Waals surface area contributed by atoms with Crippen LogP contribution in [-0.4, -0.2) is 57.3 Å². The molecule has 0 N–H and O–H groups in total. The maximum Gasteiger partial charge on any atom is 0.500 e. The highest BCUT2D eigenvalue weighted by Crippen LogP contribution is 2.25. The number of unbranched alkanes of at least 4 members (excludes halogenated alkanes) is 6. The van der Waals surface area contributed by atoms with Gasteiger partial charge in [0.15, 0.2) is 0 Å². The fraction of sp³-hybridized carbons (Fsp3) is 1.00. The van der Waals surface area contributed by atoms with Gasteiger partial charge in [-0.05, 0) is 51.4 Å². The van der Waals surface area contributed by atoms with E-state index in [0.29, 0.717) is 19.8 Å². The predicted octanol–water partition coefficient (Wildman–Crippen LogP) is 8.15. The van der Waals surface area contributed by atoms with Crippen molar-refractivity contribution in [2.45, 2.75) is 137 Å². The molecule has 0 aromatic rings. The van der Waals surface area contributed by atoms with Crippen LogP contribution in [0.25, 0.3) is 0 Å². The third-order valence-corrected chi connectivity index (χ3v) is 11.5. The minimum Gasteiger partial charge on any atom is -0.373 e. The Hall–Kier alpha value is 0.194. The Kier molecular flexibility index (Phi) is 24.7. The molecule has 0 rings (SSSR count). The Morgan fingerprint density at radius 3 is 0.857 bits per heavy atom. The van der Waals surface area contributed by atoms with Crippen molar-refractivity contribution < 1.29 is 26.6 Å². The summed E-state index contributed by atoms with van der Waals surface area (Å²) in [5.41, 5.74) is 0. The monoisotopic (exact) mass is 536 g/mol. The zero-order valence-electron chi connectivity index (χ0n) is 24.3. The Morgan fingerprint density at radius 2 is 0.600 bits per heavy atom. The van der Waals surface area contributed by atoms with Gasteiger partial charge >= 0.3 is 17.6 Å². The SMILES string of the molecule is CCCCO[Si](CCCCCC[Si](OCCC)(OCCC)OCCC)(OCCCC)OCCCC. The first-order chi connectivity index (χ1) is 17.1. The maximum absolute atomic E-state index is 6.40. The zero-order valence-corrected chi connectivity index (χ0v) is 26.3. The van der Waals surface area contributed by atoms with Crippen molar-refractivity contribution in [2.24, 2.45) is 0 Å².